The van der Waals surface area contributed by atoms with E-state index in [0.717, 1.165) is 6.07 Å². The molecule has 0 unspecified atom stereocenters. The lowest BCUT2D eigenvalue weighted by Gasteiger charge is -2.01. The van der Waals surface area contributed by atoms with Crippen molar-refractivity contribution < 1.29 is 13.9 Å². The monoisotopic (exact) mass is 202 g/mol. The predicted molar refractivity (Wildman–Crippen MR) is 47.4 cm³/mol. The average molecular weight is 203 g/mol. The van der Waals surface area contributed by atoms with E-state index in [0.29, 0.717) is 0 Å². The minimum Gasteiger partial charge on any atom is -0.426 e. The van der Waals surface area contributed by atoms with E-state index < -0.39 is 11.8 Å². The number of alkyl halides is 1. The number of halogens is 2. The molecule has 0 radical (unpaired) electrons. The number of hydrogen-bond acceptors (Lipinski definition) is 2. The Morgan fingerprint density at radius 1 is 1.54 bits per heavy atom. The van der Waals surface area contributed by atoms with Gasteiger partial charge >= 0.3 is 5.97 Å². The molecule has 0 spiro atoms. The summed E-state index contributed by atoms with van der Waals surface area (Å²) in [5.41, 5.74) is 0. The fourth-order valence-electron chi connectivity index (χ4n) is 0.790. The Morgan fingerprint density at radius 3 is 2.92 bits per heavy atom. The molecule has 0 saturated carbocycles. The van der Waals surface area contributed by atoms with E-state index in [-0.39, 0.29) is 18.1 Å². The molecule has 2 nitrogen and oxygen atoms in total. The van der Waals surface area contributed by atoms with E-state index in [1.54, 1.807) is 0 Å². The lowest BCUT2D eigenvalue weighted by atomic mass is 10.3. The molecule has 0 saturated heterocycles. The molecule has 70 valence electrons. The molecule has 0 bridgehead atoms. The fraction of sp³-hybridized carbons (Fsp3) is 0.222. The van der Waals surface area contributed by atoms with Gasteiger partial charge in [0.25, 0.3) is 0 Å². The molecule has 0 N–H and O–H groups in total. The van der Waals surface area contributed by atoms with E-state index in [4.69, 9.17) is 16.3 Å². The fourth-order valence-corrected chi connectivity index (χ4v) is 0.944. The van der Waals surface area contributed by atoms with E-state index in [1.165, 1.54) is 18.2 Å². The largest absolute Gasteiger partial charge is 0.426 e. The zero-order valence-corrected chi connectivity index (χ0v) is 7.55. The minimum absolute atomic E-state index is 0.123. The highest BCUT2D eigenvalue weighted by Crippen LogP contribution is 2.12. The first-order chi connectivity index (χ1) is 6.22. The first kappa shape index (κ1) is 9.99. The summed E-state index contributed by atoms with van der Waals surface area (Å²) in [6.07, 6.45) is 0.123. The van der Waals surface area contributed by atoms with Crippen LogP contribution in [0.25, 0.3) is 0 Å². The van der Waals surface area contributed by atoms with Gasteiger partial charge in [0.05, 0.1) is 6.42 Å². The van der Waals surface area contributed by atoms with Gasteiger partial charge in [-0.1, -0.05) is 6.07 Å². The number of carbonyl (C=O) groups excluding carboxylic acids is 1. The van der Waals surface area contributed by atoms with Crippen LogP contribution in [0.5, 0.6) is 5.75 Å². The standard InChI is InChI=1S/C9H8ClFO2/c10-5-4-9(12)13-8-3-1-2-7(11)6-8/h1-3,6H,4-5H2. The van der Waals surface area contributed by atoms with E-state index in [1.807, 2.05) is 0 Å². The molecule has 13 heavy (non-hydrogen) atoms. The lowest BCUT2D eigenvalue weighted by Crippen LogP contribution is -2.08. The Morgan fingerprint density at radius 2 is 2.31 bits per heavy atom. The lowest BCUT2D eigenvalue weighted by molar-refractivity contribution is -0.133. The van der Waals surface area contributed by atoms with Crippen molar-refractivity contribution in [3.63, 3.8) is 0 Å². The second kappa shape index (κ2) is 4.82. The van der Waals surface area contributed by atoms with E-state index in [9.17, 15) is 9.18 Å². The summed E-state index contributed by atoms with van der Waals surface area (Å²) < 4.78 is 17.4. The average Bonchev–Trinajstić information content (AvgIpc) is 2.04. The van der Waals surface area contributed by atoms with Crippen molar-refractivity contribution in [2.75, 3.05) is 5.88 Å². The van der Waals surface area contributed by atoms with Crippen molar-refractivity contribution in [2.45, 2.75) is 6.42 Å². The second-order valence-corrected chi connectivity index (χ2v) is 2.75. The van der Waals surface area contributed by atoms with Gasteiger partial charge in [0.1, 0.15) is 11.6 Å². The number of rotatable bonds is 3. The van der Waals surface area contributed by atoms with Gasteiger partial charge in [-0.05, 0) is 12.1 Å². The molecule has 1 aromatic rings. The highest BCUT2D eigenvalue weighted by atomic mass is 35.5. The molecular weight excluding hydrogens is 195 g/mol. The number of hydrogen-bond donors (Lipinski definition) is 0. The van der Waals surface area contributed by atoms with Crippen molar-refractivity contribution in [2.24, 2.45) is 0 Å². The molecule has 0 amide bonds. The van der Waals surface area contributed by atoms with Crippen LogP contribution < -0.4 is 4.74 Å². The highest BCUT2D eigenvalue weighted by Gasteiger charge is 2.03. The van der Waals surface area contributed by atoms with Crippen LogP contribution in [0, 0.1) is 5.82 Å². The van der Waals surface area contributed by atoms with Gasteiger partial charge in [0.2, 0.25) is 0 Å². The maximum atomic E-state index is 12.6. The normalized spacial score (nSPS) is 9.69. The summed E-state index contributed by atoms with van der Waals surface area (Å²) in [4.78, 5) is 10.9. The Bertz CT molecular complexity index is 301. The first-order valence-electron chi connectivity index (χ1n) is 3.74. The molecule has 0 heterocycles. The summed E-state index contributed by atoms with van der Waals surface area (Å²) in [6, 6.07) is 5.40. The van der Waals surface area contributed by atoms with Crippen LogP contribution in [-0.2, 0) is 4.79 Å². The van der Waals surface area contributed by atoms with Gasteiger partial charge in [-0.25, -0.2) is 4.39 Å². The van der Waals surface area contributed by atoms with Crippen LogP contribution in [0.2, 0.25) is 0 Å². The summed E-state index contributed by atoms with van der Waals surface area (Å²) in [5.74, 6) is -0.486. The highest BCUT2D eigenvalue weighted by molar-refractivity contribution is 6.18. The smallest absolute Gasteiger partial charge is 0.312 e. The van der Waals surface area contributed by atoms with Gasteiger partial charge in [0, 0.05) is 11.9 Å². The van der Waals surface area contributed by atoms with Crippen LogP contribution in [0.1, 0.15) is 6.42 Å². The first-order valence-corrected chi connectivity index (χ1v) is 4.28. The number of benzene rings is 1. The summed E-state index contributed by atoms with van der Waals surface area (Å²) in [6.45, 7) is 0. The topological polar surface area (TPSA) is 26.3 Å². The third-order valence-electron chi connectivity index (χ3n) is 1.33. The van der Waals surface area contributed by atoms with Crippen molar-refractivity contribution in [1.82, 2.24) is 0 Å². The van der Waals surface area contributed by atoms with Gasteiger partial charge in [-0.3, -0.25) is 4.79 Å². The molecule has 0 aliphatic carbocycles. The maximum Gasteiger partial charge on any atom is 0.312 e. The summed E-state index contributed by atoms with van der Waals surface area (Å²) in [5, 5.41) is 0. The quantitative estimate of drug-likeness (QED) is 0.427. The molecule has 0 atom stereocenters. The van der Waals surface area contributed by atoms with E-state index in [2.05, 4.69) is 0 Å². The van der Waals surface area contributed by atoms with Crippen LogP contribution in [-0.4, -0.2) is 11.8 Å². The van der Waals surface area contributed by atoms with Gasteiger partial charge in [0.15, 0.2) is 0 Å². The number of esters is 1. The third kappa shape index (κ3) is 3.42. The van der Waals surface area contributed by atoms with E-state index >= 15 is 0 Å². The molecular formula is C9H8ClFO2. The molecule has 0 fully saturated rings. The van der Waals surface area contributed by atoms with Gasteiger partial charge in [-0.15, -0.1) is 11.6 Å². The molecule has 4 heteroatoms. The third-order valence-corrected chi connectivity index (χ3v) is 1.52. The Kier molecular flexibility index (Phi) is 3.71. The van der Waals surface area contributed by atoms with Crippen LogP contribution in [0.3, 0.4) is 0 Å². The van der Waals surface area contributed by atoms with Gasteiger partial charge in [-0.2, -0.15) is 0 Å². The van der Waals surface area contributed by atoms with Crippen LogP contribution in [0.15, 0.2) is 24.3 Å². The minimum atomic E-state index is -0.458. The number of ether oxygens (including phenoxy) is 1. The predicted octanol–water partition coefficient (Wildman–Crippen LogP) is 2.36. The molecule has 0 aliphatic heterocycles. The van der Waals surface area contributed by atoms with Crippen molar-refractivity contribution in [3.8, 4) is 5.75 Å². The zero-order chi connectivity index (χ0) is 9.68. The molecule has 0 aromatic heterocycles. The van der Waals surface area contributed by atoms with Crippen LogP contribution in [0.4, 0.5) is 4.39 Å². The molecule has 0 aliphatic rings. The maximum absolute atomic E-state index is 12.6. The summed E-state index contributed by atoms with van der Waals surface area (Å²) in [7, 11) is 0. The van der Waals surface area contributed by atoms with Crippen LogP contribution >= 0.6 is 11.6 Å². The van der Waals surface area contributed by atoms with Gasteiger partial charge < -0.3 is 4.74 Å². The van der Waals surface area contributed by atoms with Crippen molar-refractivity contribution in [1.29, 1.82) is 0 Å². The Labute approximate surface area is 80.3 Å². The Hall–Kier alpha value is -1.09. The summed E-state index contributed by atoms with van der Waals surface area (Å²) >= 11 is 5.32. The number of carbonyl (C=O) groups is 1. The Balaban J connectivity index is 2.58. The SMILES string of the molecule is O=C(CCCl)Oc1cccc(F)c1. The zero-order valence-electron chi connectivity index (χ0n) is 6.80. The molecule has 1 rings (SSSR count). The second-order valence-electron chi connectivity index (χ2n) is 2.37. The van der Waals surface area contributed by atoms with Crippen molar-refractivity contribution >= 4 is 17.6 Å². The molecule has 1 aromatic carbocycles. The van der Waals surface area contributed by atoms with Crippen molar-refractivity contribution in [3.05, 3.63) is 30.1 Å².